The zero-order chi connectivity index (χ0) is 20.3. The summed E-state index contributed by atoms with van der Waals surface area (Å²) in [4.78, 5) is 17.8. The number of rotatable bonds is 6. The molecule has 0 aromatic carbocycles. The van der Waals surface area contributed by atoms with Gasteiger partial charge in [-0.1, -0.05) is 5.16 Å². The second-order valence-electron chi connectivity index (χ2n) is 7.30. The molecule has 3 heterocycles. The van der Waals surface area contributed by atoms with Crippen molar-refractivity contribution in [1.29, 1.82) is 0 Å². The van der Waals surface area contributed by atoms with E-state index in [9.17, 15) is 18.3 Å². The van der Waals surface area contributed by atoms with Crippen LogP contribution >= 0.6 is 0 Å². The van der Waals surface area contributed by atoms with Crippen molar-refractivity contribution in [3.05, 3.63) is 17.5 Å². The van der Waals surface area contributed by atoms with Crippen molar-refractivity contribution < 1.29 is 31.7 Å². The van der Waals surface area contributed by atoms with E-state index < -0.39 is 34.6 Å². The number of nitrogens with zero attached hydrogens (tertiary/aromatic N) is 4. The predicted molar refractivity (Wildman–Crippen MR) is 91.5 cm³/mol. The molecular formula is C14H20N6O7S. The Balaban J connectivity index is 1.57. The van der Waals surface area contributed by atoms with Gasteiger partial charge in [0.2, 0.25) is 0 Å². The number of aliphatic hydroxyl groups excluding tert-OH is 1. The first kappa shape index (κ1) is 18.9. The fourth-order valence-electron chi connectivity index (χ4n) is 3.98. The minimum Gasteiger partial charge on any atom is -0.383 e. The highest BCUT2D eigenvalue weighted by Crippen LogP contribution is 2.61. The predicted octanol–water partition coefficient (Wildman–Crippen LogP) is -0.953. The highest BCUT2D eigenvalue weighted by Gasteiger charge is 2.64. The van der Waals surface area contributed by atoms with E-state index in [1.807, 2.05) is 0 Å². The van der Waals surface area contributed by atoms with Crippen molar-refractivity contribution in [2.75, 3.05) is 13.1 Å². The van der Waals surface area contributed by atoms with Crippen LogP contribution in [0.2, 0.25) is 0 Å². The zero-order valence-corrected chi connectivity index (χ0v) is 15.4. The van der Waals surface area contributed by atoms with Crippen LogP contribution in [0, 0.1) is 5.41 Å². The van der Waals surface area contributed by atoms with Gasteiger partial charge in [0, 0.05) is 12.6 Å². The van der Waals surface area contributed by atoms with Gasteiger partial charge in [0.25, 0.3) is 0 Å². The number of amides is 2. The summed E-state index contributed by atoms with van der Waals surface area (Å²) in [6.07, 6.45) is 1.00. The summed E-state index contributed by atoms with van der Waals surface area (Å²) >= 11 is 0. The minimum atomic E-state index is -4.83. The maximum Gasteiger partial charge on any atom is 0.418 e. The van der Waals surface area contributed by atoms with Crippen molar-refractivity contribution in [1.82, 2.24) is 15.1 Å². The van der Waals surface area contributed by atoms with E-state index in [2.05, 4.69) is 14.4 Å². The van der Waals surface area contributed by atoms with Crippen LogP contribution in [0.1, 0.15) is 42.9 Å². The Morgan fingerprint density at radius 2 is 2.21 bits per heavy atom. The SMILES string of the molecule is NC(N)=NC[C@H](O)c1cc([C@@H]2CC3(CC3)[C@@H]3CN2C(=O)N3OS(=O)(=O)O)no1. The van der Waals surface area contributed by atoms with Crippen molar-refractivity contribution in [2.45, 2.75) is 37.5 Å². The number of carbonyl (C=O) groups excluding carboxylic acids is 1. The van der Waals surface area contributed by atoms with E-state index >= 15 is 0 Å². The van der Waals surface area contributed by atoms with E-state index in [0.717, 1.165) is 17.9 Å². The Labute approximate surface area is 159 Å². The van der Waals surface area contributed by atoms with Crippen molar-refractivity contribution >= 4 is 22.4 Å². The van der Waals surface area contributed by atoms with Gasteiger partial charge in [0.1, 0.15) is 11.8 Å². The summed E-state index contributed by atoms with van der Waals surface area (Å²) in [5.41, 5.74) is 10.6. The third-order valence-corrected chi connectivity index (χ3v) is 5.85. The summed E-state index contributed by atoms with van der Waals surface area (Å²) in [5, 5.41) is 14.8. The number of hydrogen-bond donors (Lipinski definition) is 4. The smallest absolute Gasteiger partial charge is 0.383 e. The number of aliphatic imine (C=N–C) groups is 1. The molecule has 2 saturated heterocycles. The molecule has 2 bridgehead atoms. The number of hydrogen-bond acceptors (Lipinski definition) is 8. The Morgan fingerprint density at radius 1 is 1.50 bits per heavy atom. The number of aromatic nitrogens is 1. The number of guanidine groups is 1. The highest BCUT2D eigenvalue weighted by molar-refractivity contribution is 7.80. The molecule has 3 aliphatic rings. The van der Waals surface area contributed by atoms with Crippen molar-refractivity contribution in [3.8, 4) is 0 Å². The van der Waals surface area contributed by atoms with E-state index in [0.29, 0.717) is 12.1 Å². The van der Waals surface area contributed by atoms with E-state index in [1.165, 1.54) is 11.0 Å². The van der Waals surface area contributed by atoms with Gasteiger partial charge < -0.3 is 26.0 Å². The average Bonchev–Trinajstić information content (AvgIpc) is 3.09. The summed E-state index contributed by atoms with van der Waals surface area (Å²) in [6, 6.07) is -0.110. The molecule has 13 nitrogen and oxygen atoms in total. The van der Waals surface area contributed by atoms with Crippen LogP contribution in [0.3, 0.4) is 0 Å². The summed E-state index contributed by atoms with van der Waals surface area (Å²) in [6.45, 7) is 0.129. The van der Waals surface area contributed by atoms with E-state index in [-0.39, 0.29) is 30.2 Å². The molecule has 154 valence electrons. The first-order valence-corrected chi connectivity index (χ1v) is 9.93. The molecule has 1 aromatic heterocycles. The van der Waals surface area contributed by atoms with Gasteiger partial charge in [-0.15, -0.1) is 4.28 Å². The first-order chi connectivity index (χ1) is 13.1. The van der Waals surface area contributed by atoms with Crippen LogP contribution < -0.4 is 11.5 Å². The Kier molecular flexibility index (Phi) is 4.26. The molecule has 0 radical (unpaired) electrons. The van der Waals surface area contributed by atoms with Gasteiger partial charge in [0.15, 0.2) is 11.7 Å². The Bertz CT molecular complexity index is 922. The molecule has 1 aromatic rings. The van der Waals surface area contributed by atoms with Gasteiger partial charge >= 0.3 is 16.4 Å². The normalized spacial score (nSPS) is 26.6. The van der Waals surface area contributed by atoms with Gasteiger partial charge in [-0.2, -0.15) is 13.5 Å². The molecule has 2 amide bonds. The van der Waals surface area contributed by atoms with Gasteiger partial charge in [-0.25, -0.2) is 4.79 Å². The number of fused-ring (bicyclic) bond motifs is 3. The lowest BCUT2D eigenvalue weighted by molar-refractivity contribution is -0.0527. The number of hydroxylamine groups is 2. The third-order valence-electron chi connectivity index (χ3n) is 5.50. The molecule has 1 spiro atoms. The quantitative estimate of drug-likeness (QED) is 0.255. The van der Waals surface area contributed by atoms with Crippen molar-refractivity contribution in [2.24, 2.45) is 21.9 Å². The maximum atomic E-state index is 12.7. The second-order valence-corrected chi connectivity index (χ2v) is 8.30. The van der Waals surface area contributed by atoms with Gasteiger partial charge in [0.05, 0.1) is 18.6 Å². The molecule has 4 rings (SSSR count). The fourth-order valence-corrected chi connectivity index (χ4v) is 4.35. The van der Waals surface area contributed by atoms with Gasteiger partial charge in [-0.05, 0) is 24.7 Å². The Morgan fingerprint density at radius 3 is 2.82 bits per heavy atom. The average molecular weight is 416 g/mol. The van der Waals surface area contributed by atoms with Crippen molar-refractivity contribution in [3.63, 3.8) is 0 Å². The van der Waals surface area contributed by atoms with Gasteiger partial charge in [-0.3, -0.25) is 9.55 Å². The standard InChI is InChI=1S/C14H20N6O7S/c15-12(16)17-5-9(21)10-3-7(18-26-10)8-4-14(1-2-14)11-6-19(8)13(22)20(11)27-28(23,24)25/h3,8-9,11,21H,1-2,4-6H2,(H4,15,16,17)(H,23,24,25)/t8-,9-,11-/m0/s1. The molecular weight excluding hydrogens is 396 g/mol. The summed E-state index contributed by atoms with van der Waals surface area (Å²) < 4.78 is 41.0. The lowest BCUT2D eigenvalue weighted by atomic mass is 9.84. The number of carbonyl (C=O) groups is 1. The Hall–Kier alpha value is -2.42. The molecule has 0 unspecified atom stereocenters. The number of aliphatic hydroxyl groups is 1. The lowest BCUT2D eigenvalue weighted by Gasteiger charge is -2.35. The van der Waals surface area contributed by atoms with E-state index in [1.54, 1.807) is 0 Å². The van der Waals surface area contributed by atoms with E-state index in [4.69, 9.17) is 20.5 Å². The molecule has 14 heteroatoms. The number of piperidine rings is 1. The second kappa shape index (κ2) is 6.30. The molecule has 1 aliphatic carbocycles. The molecule has 3 fully saturated rings. The van der Waals surface area contributed by atoms with Crippen LogP contribution in [0.15, 0.2) is 15.6 Å². The molecule has 6 N–H and O–H groups in total. The molecule has 3 atom stereocenters. The lowest BCUT2D eigenvalue weighted by Crippen LogP contribution is -2.43. The molecule has 1 saturated carbocycles. The zero-order valence-electron chi connectivity index (χ0n) is 14.6. The monoisotopic (exact) mass is 416 g/mol. The minimum absolute atomic E-state index is 0.105. The maximum absolute atomic E-state index is 12.7. The fraction of sp³-hybridized carbons (Fsp3) is 0.643. The van der Waals surface area contributed by atoms with Crippen LogP contribution in [-0.4, -0.2) is 64.3 Å². The van der Waals surface area contributed by atoms with Crippen LogP contribution in [0.4, 0.5) is 4.79 Å². The molecule has 2 aliphatic heterocycles. The van der Waals surface area contributed by atoms with Crippen LogP contribution in [0.25, 0.3) is 0 Å². The topological polar surface area (TPSA) is 198 Å². The third kappa shape index (κ3) is 3.28. The van der Waals surface area contributed by atoms with Crippen LogP contribution in [-0.2, 0) is 14.7 Å². The largest absolute Gasteiger partial charge is 0.418 e. The molecule has 28 heavy (non-hydrogen) atoms. The number of urea groups is 1. The van der Waals surface area contributed by atoms with Crippen LogP contribution in [0.5, 0.6) is 0 Å². The summed E-state index contributed by atoms with van der Waals surface area (Å²) in [7, 11) is -4.83. The number of nitrogens with two attached hydrogens (primary N) is 2. The first-order valence-electron chi connectivity index (χ1n) is 8.56. The summed E-state index contributed by atoms with van der Waals surface area (Å²) in [5.74, 6) is -0.0287. The highest BCUT2D eigenvalue weighted by atomic mass is 32.3.